The van der Waals surface area contributed by atoms with E-state index in [-0.39, 0.29) is 5.97 Å². The predicted molar refractivity (Wildman–Crippen MR) is 97.1 cm³/mol. The van der Waals surface area contributed by atoms with Crippen LogP contribution in [0.4, 0.5) is 5.69 Å². The van der Waals surface area contributed by atoms with Gasteiger partial charge in [-0.25, -0.2) is 9.79 Å². The minimum Gasteiger partial charge on any atom is -0.463 e. The third kappa shape index (κ3) is 3.38. The first kappa shape index (κ1) is 16.0. The Hall–Kier alpha value is -2.88. The van der Waals surface area contributed by atoms with Crippen molar-refractivity contribution >= 4 is 23.6 Å². The summed E-state index contributed by atoms with van der Waals surface area (Å²) >= 11 is 0. The largest absolute Gasteiger partial charge is 0.463 e. The monoisotopic (exact) mass is 320 g/mol. The first-order valence-electron chi connectivity index (χ1n) is 7.98. The van der Waals surface area contributed by atoms with Crippen molar-refractivity contribution in [2.24, 2.45) is 10.7 Å². The second-order valence-electron chi connectivity index (χ2n) is 5.81. The number of hydrogen-bond donors (Lipinski definition) is 1. The van der Waals surface area contributed by atoms with Gasteiger partial charge < -0.3 is 10.5 Å². The van der Waals surface area contributed by atoms with Crippen LogP contribution in [0.5, 0.6) is 0 Å². The number of fused-ring (bicyclic) bond motifs is 1. The molecule has 0 bridgehead atoms. The van der Waals surface area contributed by atoms with Crippen molar-refractivity contribution in [3.8, 4) is 11.1 Å². The van der Waals surface area contributed by atoms with Gasteiger partial charge in [0.25, 0.3) is 0 Å². The zero-order valence-electron chi connectivity index (χ0n) is 13.9. The van der Waals surface area contributed by atoms with Crippen molar-refractivity contribution in [2.45, 2.75) is 20.3 Å². The van der Waals surface area contributed by atoms with E-state index in [1.807, 2.05) is 24.3 Å². The van der Waals surface area contributed by atoms with Gasteiger partial charge in [0.1, 0.15) is 5.84 Å². The molecule has 0 spiro atoms. The molecule has 1 aliphatic rings. The number of esters is 1. The molecule has 3 rings (SSSR count). The molecule has 0 saturated heterocycles. The lowest BCUT2D eigenvalue weighted by atomic mass is 9.99. The number of benzene rings is 2. The van der Waals surface area contributed by atoms with Crippen LogP contribution in [0.15, 0.2) is 53.0 Å². The molecule has 122 valence electrons. The molecule has 1 aliphatic heterocycles. The number of carbonyl (C=O) groups excluding carboxylic acids is 1. The number of rotatable bonds is 3. The van der Waals surface area contributed by atoms with Crippen molar-refractivity contribution in [3.63, 3.8) is 0 Å². The minimum atomic E-state index is -0.343. The molecule has 4 nitrogen and oxygen atoms in total. The molecular formula is C20H20N2O2. The molecule has 0 unspecified atom stereocenters. The molecule has 0 saturated carbocycles. The van der Waals surface area contributed by atoms with Gasteiger partial charge in [-0.05, 0) is 43.2 Å². The van der Waals surface area contributed by atoms with Crippen molar-refractivity contribution in [3.05, 3.63) is 59.2 Å². The second-order valence-corrected chi connectivity index (χ2v) is 5.81. The fourth-order valence-electron chi connectivity index (χ4n) is 2.68. The van der Waals surface area contributed by atoms with Crippen LogP contribution in [0, 0.1) is 6.92 Å². The molecule has 0 aromatic heterocycles. The number of carbonyl (C=O) groups is 1. The van der Waals surface area contributed by atoms with E-state index in [4.69, 9.17) is 10.5 Å². The topological polar surface area (TPSA) is 64.7 Å². The van der Waals surface area contributed by atoms with E-state index in [2.05, 4.69) is 36.2 Å². The van der Waals surface area contributed by atoms with Crippen LogP contribution in [0.25, 0.3) is 17.2 Å². The number of ether oxygens (including phenoxy) is 1. The summed E-state index contributed by atoms with van der Waals surface area (Å²) in [5.41, 5.74) is 11.5. The van der Waals surface area contributed by atoms with Gasteiger partial charge in [0.05, 0.1) is 12.3 Å². The van der Waals surface area contributed by atoms with Gasteiger partial charge in [0, 0.05) is 17.6 Å². The Labute approximate surface area is 141 Å². The summed E-state index contributed by atoms with van der Waals surface area (Å²) in [5.74, 6) is 0.0698. The van der Waals surface area contributed by atoms with Gasteiger partial charge in [-0.2, -0.15) is 0 Å². The van der Waals surface area contributed by atoms with Crippen molar-refractivity contribution < 1.29 is 9.53 Å². The van der Waals surface area contributed by atoms with E-state index < -0.39 is 0 Å². The number of aliphatic imine (C=N–C) groups is 1. The van der Waals surface area contributed by atoms with E-state index in [0.29, 0.717) is 24.4 Å². The average Bonchev–Trinajstić information content (AvgIpc) is 2.73. The third-order valence-electron chi connectivity index (χ3n) is 3.92. The molecule has 0 aliphatic carbocycles. The number of aryl methyl sites for hydroxylation is 1. The average molecular weight is 320 g/mol. The molecule has 24 heavy (non-hydrogen) atoms. The highest BCUT2D eigenvalue weighted by Crippen LogP contribution is 2.31. The standard InChI is InChI=1S/C20H20N2O2/c1-3-24-20(23)17-11-16-10-15(14-6-4-13(2)5-7-14)8-9-18(16)22-19(21)12-17/h4-11H,3,12H2,1-2H3,(H2,21,22). The maximum absolute atomic E-state index is 12.1. The zero-order chi connectivity index (χ0) is 17.1. The first-order valence-corrected chi connectivity index (χ1v) is 7.98. The minimum absolute atomic E-state index is 0.299. The van der Waals surface area contributed by atoms with E-state index in [1.165, 1.54) is 5.56 Å². The van der Waals surface area contributed by atoms with Gasteiger partial charge >= 0.3 is 5.97 Å². The summed E-state index contributed by atoms with van der Waals surface area (Å²) in [4.78, 5) is 16.5. The number of nitrogens with zero attached hydrogens (tertiary/aromatic N) is 1. The normalized spacial score (nSPS) is 13.4. The Morgan fingerprint density at radius 3 is 2.58 bits per heavy atom. The van der Waals surface area contributed by atoms with E-state index >= 15 is 0 Å². The molecular weight excluding hydrogens is 300 g/mol. The molecule has 0 amide bonds. The lowest BCUT2D eigenvalue weighted by Gasteiger charge is -2.07. The maximum atomic E-state index is 12.1. The number of nitrogens with two attached hydrogens (primary N) is 1. The predicted octanol–water partition coefficient (Wildman–Crippen LogP) is 4.00. The molecule has 0 fully saturated rings. The molecule has 2 aromatic carbocycles. The quantitative estimate of drug-likeness (QED) is 0.869. The summed E-state index contributed by atoms with van der Waals surface area (Å²) < 4.78 is 5.11. The lowest BCUT2D eigenvalue weighted by Crippen LogP contribution is -2.16. The smallest absolute Gasteiger partial charge is 0.334 e. The first-order chi connectivity index (χ1) is 11.6. The summed E-state index contributed by atoms with van der Waals surface area (Å²) in [6, 6.07) is 14.3. The Bertz CT molecular complexity index is 833. The fourth-order valence-corrected chi connectivity index (χ4v) is 2.68. The molecule has 0 atom stereocenters. The van der Waals surface area contributed by atoms with Gasteiger partial charge in [-0.1, -0.05) is 35.9 Å². The summed E-state index contributed by atoms with van der Waals surface area (Å²) in [5, 5.41) is 0. The summed E-state index contributed by atoms with van der Waals surface area (Å²) in [7, 11) is 0. The highest BCUT2D eigenvalue weighted by Gasteiger charge is 2.17. The van der Waals surface area contributed by atoms with Crippen LogP contribution >= 0.6 is 0 Å². The Morgan fingerprint density at radius 2 is 1.88 bits per heavy atom. The highest BCUT2D eigenvalue weighted by atomic mass is 16.5. The van der Waals surface area contributed by atoms with Gasteiger partial charge in [-0.15, -0.1) is 0 Å². The van der Waals surface area contributed by atoms with Crippen LogP contribution in [0.1, 0.15) is 24.5 Å². The van der Waals surface area contributed by atoms with Crippen LogP contribution in [-0.4, -0.2) is 18.4 Å². The van der Waals surface area contributed by atoms with Crippen molar-refractivity contribution in [1.82, 2.24) is 0 Å². The van der Waals surface area contributed by atoms with Gasteiger partial charge in [0.15, 0.2) is 0 Å². The third-order valence-corrected chi connectivity index (χ3v) is 3.92. The van der Waals surface area contributed by atoms with Gasteiger partial charge in [-0.3, -0.25) is 0 Å². The van der Waals surface area contributed by atoms with Crippen LogP contribution in [0.2, 0.25) is 0 Å². The fraction of sp³-hybridized carbons (Fsp3) is 0.200. The van der Waals surface area contributed by atoms with Crippen LogP contribution < -0.4 is 5.73 Å². The molecule has 1 heterocycles. The molecule has 0 radical (unpaired) electrons. The van der Waals surface area contributed by atoms with Crippen LogP contribution in [0.3, 0.4) is 0 Å². The lowest BCUT2D eigenvalue weighted by molar-refractivity contribution is -0.138. The highest BCUT2D eigenvalue weighted by molar-refractivity contribution is 6.03. The Balaban J connectivity index is 2.05. The number of hydrogen-bond acceptors (Lipinski definition) is 4. The number of amidine groups is 1. The van der Waals surface area contributed by atoms with Crippen LogP contribution in [-0.2, 0) is 9.53 Å². The van der Waals surface area contributed by atoms with E-state index in [9.17, 15) is 4.79 Å². The Kier molecular flexibility index (Phi) is 4.47. The van der Waals surface area contributed by atoms with Crippen molar-refractivity contribution in [2.75, 3.05) is 6.61 Å². The summed E-state index contributed by atoms with van der Waals surface area (Å²) in [6.07, 6.45) is 2.13. The summed E-state index contributed by atoms with van der Waals surface area (Å²) in [6.45, 7) is 4.19. The second kappa shape index (κ2) is 6.71. The zero-order valence-corrected chi connectivity index (χ0v) is 13.9. The molecule has 4 heteroatoms. The van der Waals surface area contributed by atoms with E-state index in [0.717, 1.165) is 22.4 Å². The molecule has 2 N–H and O–H groups in total. The SMILES string of the molecule is CCOC(=O)C1=Cc2cc(-c3ccc(C)cc3)ccc2N=C(N)C1. The Morgan fingerprint density at radius 1 is 1.17 bits per heavy atom. The molecule has 2 aromatic rings. The maximum Gasteiger partial charge on any atom is 0.334 e. The van der Waals surface area contributed by atoms with Crippen molar-refractivity contribution in [1.29, 1.82) is 0 Å². The van der Waals surface area contributed by atoms with Gasteiger partial charge in [0.2, 0.25) is 0 Å². The van der Waals surface area contributed by atoms with E-state index in [1.54, 1.807) is 6.92 Å².